The number of aryl methyl sites for hydroxylation is 1. The molecule has 0 aliphatic carbocycles. The molecule has 5 rings (SSSR count). The third kappa shape index (κ3) is 5.22. The fourth-order valence-electron chi connectivity index (χ4n) is 4.77. The zero-order chi connectivity index (χ0) is 29.4. The molecule has 0 radical (unpaired) electrons. The van der Waals surface area contributed by atoms with Crippen molar-refractivity contribution in [3.63, 3.8) is 0 Å². The van der Waals surface area contributed by atoms with Crippen LogP contribution in [-0.4, -0.2) is 41.3 Å². The van der Waals surface area contributed by atoms with Crippen molar-refractivity contribution in [1.29, 1.82) is 0 Å². The van der Waals surface area contributed by atoms with Gasteiger partial charge in [0.1, 0.15) is 5.58 Å². The van der Waals surface area contributed by atoms with E-state index in [1.165, 1.54) is 18.9 Å². The minimum atomic E-state index is -1.08. The number of methoxy groups -OCH3 is 1. The second-order valence-corrected chi connectivity index (χ2v) is 11.2. The molecular formula is C31H30N2O7S. The number of aliphatic hydroxyl groups excluding tert-OH is 1. The Labute approximate surface area is 241 Å². The second kappa shape index (κ2) is 11.2. The van der Waals surface area contributed by atoms with Crippen molar-refractivity contribution in [3.8, 4) is 11.5 Å². The van der Waals surface area contributed by atoms with Gasteiger partial charge < -0.3 is 19.0 Å². The molecule has 41 heavy (non-hydrogen) atoms. The van der Waals surface area contributed by atoms with Crippen LogP contribution in [0.2, 0.25) is 0 Å². The highest BCUT2D eigenvalue weighted by Crippen LogP contribution is 2.45. The number of hydrogen-bond acceptors (Lipinski definition) is 9. The number of amides is 1. The average molecular weight is 575 g/mol. The number of ketones is 2. The third-order valence-electron chi connectivity index (χ3n) is 6.87. The first-order chi connectivity index (χ1) is 19.6. The molecule has 1 N–H and O–H groups in total. The quantitative estimate of drug-likeness (QED) is 0.210. The maximum Gasteiger partial charge on any atom is 0.296 e. The maximum atomic E-state index is 13.9. The highest BCUT2D eigenvalue weighted by molar-refractivity contribution is 7.17. The van der Waals surface area contributed by atoms with Gasteiger partial charge in [-0.05, 0) is 49.1 Å². The van der Waals surface area contributed by atoms with Crippen LogP contribution in [0.25, 0.3) is 11.0 Å². The summed E-state index contributed by atoms with van der Waals surface area (Å²) in [6, 6.07) is 12.7. The summed E-state index contributed by atoms with van der Waals surface area (Å²) in [4.78, 5) is 45.8. The van der Waals surface area contributed by atoms with Crippen LogP contribution in [-0.2, 0) is 4.79 Å². The molecule has 4 aromatic rings. The van der Waals surface area contributed by atoms with Gasteiger partial charge >= 0.3 is 0 Å². The van der Waals surface area contributed by atoms with Crippen LogP contribution in [0.1, 0.15) is 64.7 Å². The fourth-order valence-corrected chi connectivity index (χ4v) is 5.76. The topological polar surface area (TPSA) is 119 Å². The Kier molecular flexibility index (Phi) is 7.68. The second-order valence-electron chi connectivity index (χ2n) is 10.2. The summed E-state index contributed by atoms with van der Waals surface area (Å²) in [7, 11) is 1.50. The minimum absolute atomic E-state index is 0.0206. The maximum absolute atomic E-state index is 13.9. The highest BCUT2D eigenvalue weighted by atomic mass is 32.1. The zero-order valence-corrected chi connectivity index (χ0v) is 24.2. The van der Waals surface area contributed by atoms with Gasteiger partial charge in [0.05, 0.1) is 35.9 Å². The number of ether oxygens (including phenoxy) is 2. The summed E-state index contributed by atoms with van der Waals surface area (Å²) in [5.74, 6) is -1.02. The van der Waals surface area contributed by atoms with Crippen LogP contribution < -0.4 is 14.4 Å². The Balaban J connectivity index is 1.62. The molecule has 1 aliphatic heterocycles. The third-order valence-corrected chi connectivity index (χ3v) is 8.13. The van der Waals surface area contributed by atoms with Crippen molar-refractivity contribution >= 4 is 44.9 Å². The van der Waals surface area contributed by atoms with Gasteiger partial charge in [0.2, 0.25) is 5.78 Å². The number of anilines is 1. The molecule has 0 saturated carbocycles. The summed E-state index contributed by atoms with van der Waals surface area (Å²) in [6.07, 6.45) is 0.852. The number of hydrogen-bond donors (Lipinski definition) is 1. The van der Waals surface area contributed by atoms with Crippen LogP contribution in [0, 0.1) is 12.8 Å². The lowest BCUT2D eigenvalue weighted by Gasteiger charge is -2.25. The molecule has 1 atom stereocenters. The molecule has 0 fully saturated rings. The number of thiazole rings is 1. The van der Waals surface area contributed by atoms with E-state index in [0.29, 0.717) is 51.1 Å². The first kappa shape index (κ1) is 28.1. The lowest BCUT2D eigenvalue weighted by molar-refractivity contribution is -0.117. The molecule has 9 nitrogen and oxygen atoms in total. The molecule has 212 valence electrons. The number of para-hydroxylation sites is 1. The molecule has 3 heterocycles. The Morgan fingerprint density at radius 3 is 2.56 bits per heavy atom. The van der Waals surface area contributed by atoms with Gasteiger partial charge in [0, 0.05) is 12.3 Å². The zero-order valence-electron chi connectivity index (χ0n) is 23.4. The Bertz CT molecular complexity index is 1660. The van der Waals surface area contributed by atoms with Crippen molar-refractivity contribution < 1.29 is 33.4 Å². The van der Waals surface area contributed by atoms with Crippen LogP contribution in [0.3, 0.4) is 0 Å². The van der Waals surface area contributed by atoms with Crippen molar-refractivity contribution in [3.05, 3.63) is 81.8 Å². The van der Waals surface area contributed by atoms with E-state index in [0.717, 1.165) is 17.8 Å². The predicted octanol–water partition coefficient (Wildman–Crippen LogP) is 6.62. The number of carbonyl (C=O) groups excluding carboxylic acids is 3. The summed E-state index contributed by atoms with van der Waals surface area (Å²) < 4.78 is 17.3. The summed E-state index contributed by atoms with van der Waals surface area (Å²) in [5.41, 5.74) is 1.26. The number of benzene rings is 2. The summed E-state index contributed by atoms with van der Waals surface area (Å²) >= 11 is 1.03. The number of carbonyl (C=O) groups is 3. The van der Waals surface area contributed by atoms with E-state index in [-0.39, 0.29) is 22.2 Å². The van der Waals surface area contributed by atoms with E-state index >= 15 is 0 Å². The van der Waals surface area contributed by atoms with E-state index in [4.69, 9.17) is 13.9 Å². The number of furan rings is 1. The van der Waals surface area contributed by atoms with Gasteiger partial charge in [0.15, 0.2) is 33.9 Å². The van der Waals surface area contributed by atoms with Crippen molar-refractivity contribution in [2.75, 3.05) is 18.6 Å². The first-order valence-corrected chi connectivity index (χ1v) is 14.0. The highest BCUT2D eigenvalue weighted by Gasteiger charge is 2.47. The van der Waals surface area contributed by atoms with Gasteiger partial charge in [-0.15, -0.1) is 0 Å². The van der Waals surface area contributed by atoms with E-state index < -0.39 is 23.5 Å². The normalized spacial score (nSPS) is 15.3. The predicted molar refractivity (Wildman–Crippen MR) is 155 cm³/mol. The fraction of sp³-hybridized carbons (Fsp3) is 0.290. The summed E-state index contributed by atoms with van der Waals surface area (Å²) in [6.45, 7) is 7.79. The number of fused-ring (bicyclic) bond motifs is 1. The lowest BCUT2D eigenvalue weighted by Crippen LogP contribution is -2.31. The molecule has 1 unspecified atom stereocenters. The van der Waals surface area contributed by atoms with Crippen LogP contribution in [0.15, 0.2) is 64.3 Å². The molecule has 0 saturated heterocycles. The van der Waals surface area contributed by atoms with Crippen LogP contribution in [0.4, 0.5) is 5.13 Å². The lowest BCUT2D eigenvalue weighted by atomic mass is 9.95. The standard InChI is InChI=1S/C31H30N2O7S/c1-16(2)12-13-39-22-11-10-20(15-23(22)38-5)26-25(27(35)24-14-19-8-6-7-9-21(19)40-24)28(36)30(37)33(26)31-32-17(3)29(41-31)18(4)34/h6-11,14-16,26,36H,12-13H2,1-5H3. The van der Waals surface area contributed by atoms with E-state index in [9.17, 15) is 19.5 Å². The van der Waals surface area contributed by atoms with E-state index in [1.54, 1.807) is 49.4 Å². The SMILES string of the molecule is COc1cc(C2C(C(=O)c3cc4ccccc4o3)=C(O)C(=O)N2c2nc(C)c(C(C)=O)s2)ccc1OCCC(C)C. The molecule has 2 aromatic carbocycles. The monoisotopic (exact) mass is 574 g/mol. The molecular weight excluding hydrogens is 544 g/mol. The van der Waals surface area contributed by atoms with Crippen molar-refractivity contribution in [2.45, 2.75) is 40.2 Å². The van der Waals surface area contributed by atoms with Crippen molar-refractivity contribution in [1.82, 2.24) is 4.98 Å². The van der Waals surface area contributed by atoms with Gasteiger partial charge in [-0.2, -0.15) is 0 Å². The molecule has 1 aliphatic rings. The molecule has 10 heteroatoms. The van der Waals surface area contributed by atoms with Gasteiger partial charge in [-0.25, -0.2) is 4.98 Å². The molecule has 2 aromatic heterocycles. The number of Topliss-reactive ketones (excluding diaryl/α,β-unsaturated/α-hetero) is 2. The van der Waals surface area contributed by atoms with Gasteiger partial charge in [0.25, 0.3) is 5.91 Å². The van der Waals surface area contributed by atoms with Gasteiger partial charge in [-0.1, -0.05) is 49.4 Å². The van der Waals surface area contributed by atoms with Crippen molar-refractivity contribution in [2.24, 2.45) is 5.92 Å². The Morgan fingerprint density at radius 2 is 1.90 bits per heavy atom. The number of nitrogens with zero attached hydrogens (tertiary/aromatic N) is 2. The van der Waals surface area contributed by atoms with E-state index in [2.05, 4.69) is 18.8 Å². The largest absolute Gasteiger partial charge is 0.503 e. The van der Waals surface area contributed by atoms with Crippen LogP contribution >= 0.6 is 11.3 Å². The molecule has 0 spiro atoms. The Hall–Kier alpha value is -4.44. The number of aromatic nitrogens is 1. The molecule has 1 amide bonds. The number of aliphatic hydroxyl groups is 1. The molecule has 0 bridgehead atoms. The van der Waals surface area contributed by atoms with Crippen LogP contribution in [0.5, 0.6) is 11.5 Å². The smallest absolute Gasteiger partial charge is 0.296 e. The summed E-state index contributed by atoms with van der Waals surface area (Å²) in [5, 5.41) is 12.0. The first-order valence-electron chi connectivity index (χ1n) is 13.2. The number of rotatable bonds is 10. The van der Waals surface area contributed by atoms with E-state index in [1.807, 2.05) is 6.07 Å². The minimum Gasteiger partial charge on any atom is -0.503 e. The van der Waals surface area contributed by atoms with Gasteiger partial charge in [-0.3, -0.25) is 19.3 Å². The Morgan fingerprint density at radius 1 is 1.15 bits per heavy atom. The average Bonchev–Trinajstić information content (AvgIpc) is 3.62.